The van der Waals surface area contributed by atoms with Crippen molar-refractivity contribution in [2.75, 3.05) is 0 Å². The molecular formula is C48H28Br2N2O2. The molecule has 0 aliphatic heterocycles. The molecule has 6 heteroatoms. The van der Waals surface area contributed by atoms with Crippen LogP contribution in [-0.4, -0.2) is 9.13 Å². The van der Waals surface area contributed by atoms with Crippen molar-refractivity contribution in [3.63, 3.8) is 0 Å². The van der Waals surface area contributed by atoms with Crippen LogP contribution in [0.25, 0.3) is 98.9 Å². The van der Waals surface area contributed by atoms with Crippen LogP contribution in [-0.2, 0) is 0 Å². The summed E-state index contributed by atoms with van der Waals surface area (Å²) >= 11 is 7.25. The van der Waals surface area contributed by atoms with E-state index in [9.17, 15) is 0 Å². The number of benzene rings is 8. The number of fused-ring (bicyclic) bond motifs is 12. The number of hydrogen-bond acceptors (Lipinski definition) is 2. The van der Waals surface area contributed by atoms with Crippen molar-refractivity contribution >= 4 is 119 Å². The van der Waals surface area contributed by atoms with Gasteiger partial charge in [0.1, 0.15) is 22.3 Å². The van der Waals surface area contributed by atoms with Crippen LogP contribution >= 0.6 is 31.9 Å². The smallest absolute Gasteiger partial charge is 0.135 e. The first-order valence-electron chi connectivity index (χ1n) is 17.8. The van der Waals surface area contributed by atoms with Crippen LogP contribution in [0.5, 0.6) is 0 Å². The van der Waals surface area contributed by atoms with Gasteiger partial charge in [0.2, 0.25) is 0 Å². The van der Waals surface area contributed by atoms with Crippen molar-refractivity contribution < 1.29 is 8.83 Å². The minimum atomic E-state index is 0.913. The number of nitrogens with zero attached hydrogens (tertiary/aromatic N) is 2. The molecule has 54 heavy (non-hydrogen) atoms. The molecule has 0 fully saturated rings. The minimum Gasteiger partial charge on any atom is -0.456 e. The Bertz CT molecular complexity index is 3320. The number of hydrogen-bond donors (Lipinski definition) is 0. The first kappa shape index (κ1) is 31.4. The summed E-state index contributed by atoms with van der Waals surface area (Å²) in [5, 5.41) is 9.60. The predicted octanol–water partition coefficient (Wildman–Crippen LogP) is 14.9. The lowest BCUT2D eigenvalue weighted by molar-refractivity contribution is 0.668. The highest BCUT2D eigenvalue weighted by Gasteiger charge is 2.16. The quantitative estimate of drug-likeness (QED) is 0.174. The molecule has 0 aliphatic rings. The van der Waals surface area contributed by atoms with Crippen molar-refractivity contribution in [1.29, 1.82) is 0 Å². The molecule has 4 heterocycles. The van der Waals surface area contributed by atoms with Gasteiger partial charge in [0.05, 0.1) is 22.1 Å². The fraction of sp³-hybridized carbons (Fsp3) is 0. The van der Waals surface area contributed by atoms with Gasteiger partial charge in [0, 0.05) is 63.4 Å². The van der Waals surface area contributed by atoms with Gasteiger partial charge in [0.25, 0.3) is 0 Å². The van der Waals surface area contributed by atoms with E-state index in [0.29, 0.717) is 0 Å². The molecule has 4 aromatic heterocycles. The van der Waals surface area contributed by atoms with Gasteiger partial charge in [-0.25, -0.2) is 0 Å². The van der Waals surface area contributed by atoms with Gasteiger partial charge in [-0.1, -0.05) is 105 Å². The summed E-state index contributed by atoms with van der Waals surface area (Å²) in [5.41, 5.74) is 10.8. The van der Waals surface area contributed by atoms with Gasteiger partial charge in [-0.3, -0.25) is 0 Å². The lowest BCUT2D eigenvalue weighted by Crippen LogP contribution is -1.93. The number of furan rings is 2. The van der Waals surface area contributed by atoms with E-state index in [-0.39, 0.29) is 0 Å². The Morgan fingerprint density at radius 1 is 0.296 bits per heavy atom. The van der Waals surface area contributed by atoms with Gasteiger partial charge in [-0.15, -0.1) is 0 Å². The van der Waals surface area contributed by atoms with E-state index in [1.54, 1.807) is 0 Å². The second kappa shape index (κ2) is 12.2. The lowest BCUT2D eigenvalue weighted by atomic mass is 10.1. The Hall–Kier alpha value is -6.08. The topological polar surface area (TPSA) is 36.1 Å². The summed E-state index contributed by atoms with van der Waals surface area (Å²) in [6.07, 6.45) is 0. The lowest BCUT2D eigenvalue weighted by Gasteiger charge is -2.08. The van der Waals surface area contributed by atoms with Gasteiger partial charge in [-0.2, -0.15) is 0 Å². The van der Waals surface area contributed by atoms with Crippen LogP contribution in [0.15, 0.2) is 188 Å². The Morgan fingerprint density at radius 2 is 0.667 bits per heavy atom. The zero-order chi connectivity index (χ0) is 35.9. The monoisotopic (exact) mass is 822 g/mol. The fourth-order valence-electron chi connectivity index (χ4n) is 8.15. The zero-order valence-electron chi connectivity index (χ0n) is 28.6. The molecule has 0 atom stereocenters. The number of para-hydroxylation sites is 4. The van der Waals surface area contributed by atoms with Crippen LogP contribution in [0.4, 0.5) is 0 Å². The molecule has 0 saturated carbocycles. The SMILES string of the molecule is Brc1ccc2c(c1)c1cc(Br)ccc1n2-c1ccc2oc3ccccc3c2c1.c1ccc2c(c1)oc1ccc(-n3c4ccccc4c4ccccc43)cc12. The first-order chi connectivity index (χ1) is 26.6. The fourth-order valence-corrected chi connectivity index (χ4v) is 8.88. The molecule has 0 amide bonds. The maximum Gasteiger partial charge on any atom is 0.135 e. The highest BCUT2D eigenvalue weighted by atomic mass is 79.9. The van der Waals surface area contributed by atoms with Crippen molar-refractivity contribution in [2.45, 2.75) is 0 Å². The van der Waals surface area contributed by atoms with Crippen molar-refractivity contribution in [1.82, 2.24) is 9.13 Å². The van der Waals surface area contributed by atoms with Gasteiger partial charge >= 0.3 is 0 Å². The van der Waals surface area contributed by atoms with E-state index in [1.165, 1.54) is 43.6 Å². The van der Waals surface area contributed by atoms with Crippen LogP contribution in [0, 0.1) is 0 Å². The Labute approximate surface area is 325 Å². The summed E-state index contributed by atoms with van der Waals surface area (Å²) in [4.78, 5) is 0. The summed E-state index contributed by atoms with van der Waals surface area (Å²) in [7, 11) is 0. The van der Waals surface area contributed by atoms with E-state index in [4.69, 9.17) is 8.83 Å². The predicted molar refractivity (Wildman–Crippen MR) is 232 cm³/mol. The third-order valence-electron chi connectivity index (χ3n) is 10.5. The van der Waals surface area contributed by atoms with E-state index in [2.05, 4.69) is 187 Å². The molecule has 0 unspecified atom stereocenters. The average molecular weight is 825 g/mol. The third-order valence-corrected chi connectivity index (χ3v) is 11.5. The van der Waals surface area contributed by atoms with Gasteiger partial charge < -0.3 is 18.0 Å². The molecule has 0 radical (unpaired) electrons. The van der Waals surface area contributed by atoms with Crippen LogP contribution in [0.3, 0.4) is 0 Å². The molecular weight excluding hydrogens is 796 g/mol. The second-order valence-electron chi connectivity index (χ2n) is 13.6. The Morgan fingerprint density at radius 3 is 1.13 bits per heavy atom. The first-order valence-corrected chi connectivity index (χ1v) is 19.4. The number of aromatic nitrogens is 2. The molecule has 8 aromatic carbocycles. The molecule has 0 saturated heterocycles. The standard InChI is InChI=1S/C24H13Br2NO.C24H15NO/c25-14-5-8-21-18(11-14)19-12-15(26)6-9-22(19)27(21)16-7-10-24-20(13-16)17-3-1-2-4-23(17)28-24;1-4-10-21-17(7-1)18-8-2-5-11-22(18)25(21)16-13-14-24-20(15-16)19-9-3-6-12-23(19)26-24/h1-13H;1-15H. The van der Waals surface area contributed by atoms with E-state index < -0.39 is 0 Å². The molecule has 12 rings (SSSR count). The molecule has 0 spiro atoms. The molecule has 0 N–H and O–H groups in total. The largest absolute Gasteiger partial charge is 0.456 e. The van der Waals surface area contributed by atoms with Crippen LogP contribution in [0.1, 0.15) is 0 Å². The average Bonchev–Trinajstić information content (AvgIpc) is 3.95. The second-order valence-corrected chi connectivity index (χ2v) is 15.4. The minimum absolute atomic E-state index is 0.913. The summed E-state index contributed by atoms with van der Waals surface area (Å²) in [5.74, 6) is 0. The van der Waals surface area contributed by atoms with E-state index in [1.807, 2.05) is 24.3 Å². The van der Waals surface area contributed by atoms with Crippen molar-refractivity contribution in [3.8, 4) is 11.4 Å². The van der Waals surface area contributed by atoms with Gasteiger partial charge in [0.15, 0.2) is 0 Å². The highest BCUT2D eigenvalue weighted by Crippen LogP contribution is 2.38. The molecule has 0 bridgehead atoms. The molecule has 4 nitrogen and oxygen atoms in total. The third kappa shape index (κ3) is 4.87. The number of halogens is 2. The van der Waals surface area contributed by atoms with E-state index in [0.717, 1.165) is 64.2 Å². The Balaban J connectivity index is 0.000000127. The molecule has 0 aliphatic carbocycles. The van der Waals surface area contributed by atoms with Crippen LogP contribution < -0.4 is 0 Å². The zero-order valence-corrected chi connectivity index (χ0v) is 31.8. The van der Waals surface area contributed by atoms with Crippen LogP contribution in [0.2, 0.25) is 0 Å². The van der Waals surface area contributed by atoms with Gasteiger partial charge in [-0.05, 0) is 97.1 Å². The summed E-state index contributed by atoms with van der Waals surface area (Å²) in [6.45, 7) is 0. The normalized spacial score (nSPS) is 11.9. The highest BCUT2D eigenvalue weighted by molar-refractivity contribution is 9.10. The van der Waals surface area contributed by atoms with Crippen molar-refractivity contribution in [2.24, 2.45) is 0 Å². The molecule has 256 valence electrons. The maximum atomic E-state index is 6.01. The van der Waals surface area contributed by atoms with Crippen molar-refractivity contribution in [3.05, 3.63) is 179 Å². The Kier molecular flexibility index (Phi) is 7.13. The van der Waals surface area contributed by atoms with E-state index >= 15 is 0 Å². The number of rotatable bonds is 2. The molecule has 12 aromatic rings. The summed E-state index contributed by atoms with van der Waals surface area (Å²) < 4.78 is 18.8. The summed E-state index contributed by atoms with van der Waals surface area (Å²) in [6, 6.07) is 59.4. The maximum absolute atomic E-state index is 6.01.